The van der Waals surface area contributed by atoms with Gasteiger partial charge in [-0.3, -0.25) is 4.90 Å². The molecule has 1 N–H and O–H groups in total. The van der Waals surface area contributed by atoms with Gasteiger partial charge in [-0.1, -0.05) is 6.07 Å². The van der Waals surface area contributed by atoms with Gasteiger partial charge < -0.3 is 5.32 Å². The highest BCUT2D eigenvalue weighted by molar-refractivity contribution is 5.85. The van der Waals surface area contributed by atoms with E-state index in [2.05, 4.69) is 21.3 Å². The monoisotopic (exact) mass is 306 g/mol. The normalized spacial score (nSPS) is 16.6. The van der Waals surface area contributed by atoms with Crippen LogP contribution >= 0.6 is 24.8 Å². The molecule has 0 spiro atoms. The van der Waals surface area contributed by atoms with E-state index in [0.717, 1.165) is 26.2 Å². The Labute approximate surface area is 124 Å². The number of hydrogen-bond donors (Lipinski definition) is 1. The fourth-order valence-corrected chi connectivity index (χ4v) is 2.16. The SMILES string of the molecule is Cl.Cl.N#CC[C@H](c1cccnc1F)N1CCNCC1. The van der Waals surface area contributed by atoms with Crippen molar-refractivity contribution in [1.82, 2.24) is 15.2 Å². The highest BCUT2D eigenvalue weighted by Crippen LogP contribution is 2.25. The third kappa shape index (κ3) is 4.59. The van der Waals surface area contributed by atoms with Crippen LogP contribution in [0.2, 0.25) is 0 Å². The van der Waals surface area contributed by atoms with Gasteiger partial charge in [0.15, 0.2) is 0 Å². The van der Waals surface area contributed by atoms with Crippen LogP contribution in [0.3, 0.4) is 0 Å². The van der Waals surface area contributed by atoms with Gasteiger partial charge >= 0.3 is 0 Å². The van der Waals surface area contributed by atoms with E-state index >= 15 is 0 Å². The van der Waals surface area contributed by atoms with Crippen molar-refractivity contribution in [2.24, 2.45) is 0 Å². The fraction of sp³-hybridized carbons (Fsp3) is 0.500. The van der Waals surface area contributed by atoms with Gasteiger partial charge in [-0.15, -0.1) is 24.8 Å². The molecule has 1 atom stereocenters. The summed E-state index contributed by atoms with van der Waals surface area (Å²) in [6.45, 7) is 3.43. The van der Waals surface area contributed by atoms with E-state index in [-0.39, 0.29) is 30.9 Å². The molecular formula is C12H17Cl2FN4. The van der Waals surface area contributed by atoms with Crippen LogP contribution < -0.4 is 5.32 Å². The van der Waals surface area contributed by atoms with Crippen molar-refractivity contribution >= 4 is 24.8 Å². The van der Waals surface area contributed by atoms with Crippen LogP contribution in [0.4, 0.5) is 4.39 Å². The molecule has 19 heavy (non-hydrogen) atoms. The van der Waals surface area contributed by atoms with Crippen LogP contribution in [0.5, 0.6) is 0 Å². The van der Waals surface area contributed by atoms with E-state index in [1.807, 2.05) is 0 Å². The number of nitrogens with zero attached hydrogens (tertiary/aromatic N) is 3. The second kappa shape index (κ2) is 9.05. The molecule has 1 aromatic heterocycles. The van der Waals surface area contributed by atoms with Crippen LogP contribution in [-0.2, 0) is 0 Å². The Morgan fingerprint density at radius 3 is 2.68 bits per heavy atom. The zero-order chi connectivity index (χ0) is 12.1. The molecule has 1 aliphatic rings. The summed E-state index contributed by atoms with van der Waals surface area (Å²) in [5.41, 5.74) is 0.524. The van der Waals surface area contributed by atoms with Crippen molar-refractivity contribution in [3.63, 3.8) is 0 Å². The molecule has 1 aliphatic heterocycles. The number of piperazine rings is 1. The van der Waals surface area contributed by atoms with Gasteiger partial charge in [0.25, 0.3) is 0 Å². The Kier molecular flexibility index (Phi) is 8.61. The molecule has 2 rings (SSSR count). The number of nitriles is 1. The third-order valence-electron chi connectivity index (χ3n) is 3.02. The van der Waals surface area contributed by atoms with E-state index in [0.29, 0.717) is 12.0 Å². The van der Waals surface area contributed by atoms with Crippen LogP contribution in [-0.4, -0.2) is 36.1 Å². The second-order valence-corrected chi connectivity index (χ2v) is 4.05. The maximum absolute atomic E-state index is 13.7. The quantitative estimate of drug-likeness (QED) is 0.867. The molecule has 1 fully saturated rings. The maximum Gasteiger partial charge on any atom is 0.217 e. The highest BCUT2D eigenvalue weighted by Gasteiger charge is 2.24. The van der Waals surface area contributed by atoms with Crippen molar-refractivity contribution in [1.29, 1.82) is 5.26 Å². The predicted octanol–water partition coefficient (Wildman–Crippen LogP) is 1.92. The van der Waals surface area contributed by atoms with Gasteiger partial charge in [-0.05, 0) is 6.07 Å². The molecule has 7 heteroatoms. The fourth-order valence-electron chi connectivity index (χ4n) is 2.16. The summed E-state index contributed by atoms with van der Waals surface area (Å²) in [6.07, 6.45) is 1.72. The summed E-state index contributed by atoms with van der Waals surface area (Å²) >= 11 is 0. The smallest absolute Gasteiger partial charge is 0.217 e. The van der Waals surface area contributed by atoms with E-state index in [9.17, 15) is 4.39 Å². The number of rotatable bonds is 3. The molecule has 0 aliphatic carbocycles. The lowest BCUT2D eigenvalue weighted by molar-refractivity contribution is 0.171. The Morgan fingerprint density at radius 1 is 1.42 bits per heavy atom. The van der Waals surface area contributed by atoms with Gasteiger partial charge in [0, 0.05) is 37.9 Å². The zero-order valence-electron chi connectivity index (χ0n) is 10.4. The molecule has 4 nitrogen and oxygen atoms in total. The van der Waals surface area contributed by atoms with Crippen molar-refractivity contribution in [3.05, 3.63) is 29.8 Å². The predicted molar refractivity (Wildman–Crippen MR) is 76.1 cm³/mol. The summed E-state index contributed by atoms with van der Waals surface area (Å²) in [4.78, 5) is 5.80. The van der Waals surface area contributed by atoms with Gasteiger partial charge in [0.05, 0.1) is 18.5 Å². The standard InChI is InChI=1S/C12H15FN4.2ClH/c13-12-10(2-1-5-16-12)11(3-4-14)17-8-6-15-7-9-17;;/h1-2,5,11,15H,3,6-9H2;2*1H/t11-;;/m1../s1. The van der Waals surface area contributed by atoms with Gasteiger partial charge in [0.1, 0.15) is 0 Å². The minimum absolute atomic E-state index is 0. The average Bonchev–Trinajstić information content (AvgIpc) is 2.38. The molecular weight excluding hydrogens is 290 g/mol. The van der Waals surface area contributed by atoms with Gasteiger partial charge in [-0.2, -0.15) is 9.65 Å². The molecule has 1 aromatic rings. The second-order valence-electron chi connectivity index (χ2n) is 4.05. The summed E-state index contributed by atoms with van der Waals surface area (Å²) < 4.78 is 13.7. The zero-order valence-corrected chi connectivity index (χ0v) is 12.0. The first-order valence-electron chi connectivity index (χ1n) is 5.75. The van der Waals surface area contributed by atoms with Crippen molar-refractivity contribution in [2.75, 3.05) is 26.2 Å². The van der Waals surface area contributed by atoms with Crippen LogP contribution in [0.25, 0.3) is 0 Å². The number of pyridine rings is 1. The Bertz CT molecular complexity index is 418. The number of nitrogens with one attached hydrogen (secondary N) is 1. The summed E-state index contributed by atoms with van der Waals surface area (Å²) in [5.74, 6) is -0.466. The number of aromatic nitrogens is 1. The summed E-state index contributed by atoms with van der Waals surface area (Å²) in [5, 5.41) is 12.1. The number of halogens is 3. The third-order valence-corrected chi connectivity index (χ3v) is 3.02. The lowest BCUT2D eigenvalue weighted by Gasteiger charge is -2.33. The molecule has 106 valence electrons. The molecule has 1 saturated heterocycles. The van der Waals surface area contributed by atoms with E-state index in [1.165, 1.54) is 6.20 Å². The van der Waals surface area contributed by atoms with Gasteiger partial charge in [-0.25, -0.2) is 4.98 Å². The van der Waals surface area contributed by atoms with E-state index in [1.54, 1.807) is 12.1 Å². The van der Waals surface area contributed by atoms with Crippen molar-refractivity contribution in [3.8, 4) is 6.07 Å². The topological polar surface area (TPSA) is 52.0 Å². The van der Waals surface area contributed by atoms with Crippen molar-refractivity contribution in [2.45, 2.75) is 12.5 Å². The van der Waals surface area contributed by atoms with Gasteiger partial charge in [0.2, 0.25) is 5.95 Å². The Hall–Kier alpha value is -0.930. The minimum atomic E-state index is -0.466. The largest absolute Gasteiger partial charge is 0.314 e. The Balaban J connectivity index is 0.00000162. The molecule has 0 unspecified atom stereocenters. The first-order valence-corrected chi connectivity index (χ1v) is 5.75. The first-order chi connectivity index (χ1) is 8.33. The summed E-state index contributed by atoms with van der Waals surface area (Å²) in [6, 6.07) is 5.38. The van der Waals surface area contributed by atoms with E-state index in [4.69, 9.17) is 5.26 Å². The summed E-state index contributed by atoms with van der Waals surface area (Å²) in [7, 11) is 0. The molecule has 0 radical (unpaired) electrons. The highest BCUT2D eigenvalue weighted by atomic mass is 35.5. The first kappa shape index (κ1) is 18.1. The molecule has 0 amide bonds. The molecule has 0 bridgehead atoms. The Morgan fingerprint density at radius 2 is 2.11 bits per heavy atom. The average molecular weight is 307 g/mol. The number of hydrogen-bond acceptors (Lipinski definition) is 4. The van der Waals surface area contributed by atoms with Crippen LogP contribution in [0, 0.1) is 17.3 Å². The molecule has 0 saturated carbocycles. The molecule has 0 aromatic carbocycles. The van der Waals surface area contributed by atoms with Crippen LogP contribution in [0.1, 0.15) is 18.0 Å². The lowest BCUT2D eigenvalue weighted by Crippen LogP contribution is -2.45. The molecule has 2 heterocycles. The van der Waals surface area contributed by atoms with Crippen LogP contribution in [0.15, 0.2) is 18.3 Å². The minimum Gasteiger partial charge on any atom is -0.314 e. The maximum atomic E-state index is 13.7. The lowest BCUT2D eigenvalue weighted by atomic mass is 10.0. The van der Waals surface area contributed by atoms with E-state index < -0.39 is 5.95 Å². The van der Waals surface area contributed by atoms with Crippen molar-refractivity contribution < 1.29 is 4.39 Å².